The van der Waals surface area contributed by atoms with Gasteiger partial charge in [-0.3, -0.25) is 4.79 Å². The Labute approximate surface area is 88.7 Å². The van der Waals surface area contributed by atoms with Crippen molar-refractivity contribution in [2.24, 2.45) is 5.73 Å². The smallest absolute Gasteiger partial charge is 0.150 e. The van der Waals surface area contributed by atoms with Crippen LogP contribution in [0.3, 0.4) is 0 Å². The summed E-state index contributed by atoms with van der Waals surface area (Å²) in [4.78, 5) is 11.2. The molecule has 2 heteroatoms. The average molecular weight is 199 g/mol. The molecule has 15 heavy (non-hydrogen) atoms. The Balaban J connectivity index is 2.51. The number of benzene rings is 2. The lowest BCUT2D eigenvalue weighted by molar-refractivity contribution is -0.118. The molecule has 0 spiro atoms. The number of ketones is 1. The van der Waals surface area contributed by atoms with Crippen molar-refractivity contribution >= 4 is 16.6 Å². The second-order valence-electron chi connectivity index (χ2n) is 3.69. The lowest BCUT2D eigenvalue weighted by Gasteiger charge is -2.08. The van der Waals surface area contributed by atoms with E-state index in [1.807, 2.05) is 42.5 Å². The maximum atomic E-state index is 11.2. The largest absolute Gasteiger partial charge is 0.318 e. The van der Waals surface area contributed by atoms with Gasteiger partial charge in [0.15, 0.2) is 5.78 Å². The van der Waals surface area contributed by atoms with Gasteiger partial charge in [0.2, 0.25) is 0 Å². The quantitative estimate of drug-likeness (QED) is 0.807. The van der Waals surface area contributed by atoms with E-state index in [9.17, 15) is 4.79 Å². The third kappa shape index (κ3) is 1.90. The van der Waals surface area contributed by atoms with E-state index in [4.69, 9.17) is 5.73 Å². The number of nitrogens with two attached hydrogens (primary N) is 1. The summed E-state index contributed by atoms with van der Waals surface area (Å²) in [5, 5.41) is 2.28. The van der Waals surface area contributed by atoms with Gasteiger partial charge in [0.1, 0.15) is 0 Å². The molecule has 0 amide bonds. The molecule has 2 N–H and O–H groups in total. The van der Waals surface area contributed by atoms with Crippen LogP contribution in [0.25, 0.3) is 10.8 Å². The van der Waals surface area contributed by atoms with Crippen molar-refractivity contribution < 1.29 is 4.79 Å². The molecule has 2 aromatic rings. The summed E-state index contributed by atoms with van der Waals surface area (Å²) >= 11 is 0. The number of rotatable bonds is 2. The summed E-state index contributed by atoms with van der Waals surface area (Å²) in [5.41, 5.74) is 6.66. The highest BCUT2D eigenvalue weighted by atomic mass is 16.1. The van der Waals surface area contributed by atoms with Gasteiger partial charge in [-0.25, -0.2) is 0 Å². The Morgan fingerprint density at radius 3 is 2.47 bits per heavy atom. The van der Waals surface area contributed by atoms with Gasteiger partial charge in [-0.05, 0) is 29.3 Å². The van der Waals surface area contributed by atoms with Crippen LogP contribution in [0, 0.1) is 0 Å². The van der Waals surface area contributed by atoms with Crippen LogP contribution >= 0.6 is 0 Å². The van der Waals surface area contributed by atoms with E-state index >= 15 is 0 Å². The predicted molar refractivity (Wildman–Crippen MR) is 61.6 cm³/mol. The Kier molecular flexibility index (Phi) is 2.52. The maximum Gasteiger partial charge on any atom is 0.150 e. The highest BCUT2D eigenvalue weighted by Crippen LogP contribution is 2.19. The van der Waals surface area contributed by atoms with Crippen molar-refractivity contribution in [2.45, 2.75) is 13.0 Å². The Morgan fingerprint density at radius 2 is 1.80 bits per heavy atom. The zero-order chi connectivity index (χ0) is 10.8. The van der Waals surface area contributed by atoms with E-state index in [0.29, 0.717) is 0 Å². The van der Waals surface area contributed by atoms with Crippen molar-refractivity contribution in [1.82, 2.24) is 0 Å². The van der Waals surface area contributed by atoms with Crippen molar-refractivity contribution in [3.05, 3.63) is 48.0 Å². The Morgan fingerprint density at radius 1 is 1.13 bits per heavy atom. The monoisotopic (exact) mass is 199 g/mol. The zero-order valence-electron chi connectivity index (χ0n) is 8.60. The molecule has 1 atom stereocenters. The number of carbonyl (C=O) groups excluding carboxylic acids is 1. The molecule has 0 aromatic heterocycles. The molecule has 0 aliphatic heterocycles. The summed E-state index contributed by atoms with van der Waals surface area (Å²) in [7, 11) is 0. The van der Waals surface area contributed by atoms with Gasteiger partial charge in [-0.2, -0.15) is 0 Å². The first-order valence-electron chi connectivity index (χ1n) is 4.93. The van der Waals surface area contributed by atoms with Crippen LogP contribution in [0.4, 0.5) is 0 Å². The van der Waals surface area contributed by atoms with Gasteiger partial charge in [0.05, 0.1) is 6.04 Å². The third-order valence-corrected chi connectivity index (χ3v) is 2.57. The molecule has 76 valence electrons. The first-order valence-corrected chi connectivity index (χ1v) is 4.93. The Hall–Kier alpha value is -1.67. The molecular formula is C13H13NO. The van der Waals surface area contributed by atoms with Crippen LogP contribution in [0.1, 0.15) is 18.5 Å². The number of carbonyl (C=O) groups is 1. The molecule has 0 heterocycles. The zero-order valence-corrected chi connectivity index (χ0v) is 8.60. The fraction of sp³-hybridized carbons (Fsp3) is 0.154. The molecule has 0 fully saturated rings. The molecule has 2 nitrogen and oxygen atoms in total. The molecular weight excluding hydrogens is 186 g/mol. The molecule has 0 aliphatic carbocycles. The van der Waals surface area contributed by atoms with E-state index in [2.05, 4.69) is 0 Å². The number of hydrogen-bond acceptors (Lipinski definition) is 2. The van der Waals surface area contributed by atoms with Gasteiger partial charge < -0.3 is 5.73 Å². The van der Waals surface area contributed by atoms with Crippen LogP contribution in [0.15, 0.2) is 42.5 Å². The molecule has 2 rings (SSSR count). The molecule has 0 saturated carbocycles. The van der Waals surface area contributed by atoms with E-state index in [1.54, 1.807) is 0 Å². The van der Waals surface area contributed by atoms with Gasteiger partial charge in [0.25, 0.3) is 0 Å². The minimum absolute atomic E-state index is 0.00900. The fourth-order valence-corrected chi connectivity index (χ4v) is 1.64. The van der Waals surface area contributed by atoms with Crippen LogP contribution in [0.5, 0.6) is 0 Å². The molecule has 0 radical (unpaired) electrons. The van der Waals surface area contributed by atoms with Crippen molar-refractivity contribution in [2.75, 3.05) is 0 Å². The van der Waals surface area contributed by atoms with Crippen molar-refractivity contribution in [1.29, 1.82) is 0 Å². The van der Waals surface area contributed by atoms with Gasteiger partial charge in [-0.15, -0.1) is 0 Å². The molecule has 1 unspecified atom stereocenters. The minimum atomic E-state index is -0.505. The highest BCUT2D eigenvalue weighted by Gasteiger charge is 2.10. The summed E-state index contributed by atoms with van der Waals surface area (Å²) in [6.45, 7) is 1.51. The second-order valence-corrected chi connectivity index (χ2v) is 3.69. The lowest BCUT2D eigenvalue weighted by atomic mass is 10.0. The summed E-state index contributed by atoms with van der Waals surface area (Å²) in [6, 6.07) is 13.4. The van der Waals surface area contributed by atoms with E-state index in [1.165, 1.54) is 6.92 Å². The summed E-state index contributed by atoms with van der Waals surface area (Å²) in [5.74, 6) is -0.00900. The normalized spacial score (nSPS) is 12.7. The summed E-state index contributed by atoms with van der Waals surface area (Å²) < 4.78 is 0. The minimum Gasteiger partial charge on any atom is -0.318 e. The van der Waals surface area contributed by atoms with Crippen LogP contribution < -0.4 is 5.73 Å². The average Bonchev–Trinajstić information content (AvgIpc) is 2.27. The van der Waals surface area contributed by atoms with Gasteiger partial charge in [-0.1, -0.05) is 36.4 Å². The lowest BCUT2D eigenvalue weighted by Crippen LogP contribution is -2.18. The fourth-order valence-electron chi connectivity index (χ4n) is 1.64. The second kappa shape index (κ2) is 3.83. The first-order chi connectivity index (χ1) is 7.18. The van der Waals surface area contributed by atoms with Crippen LogP contribution in [-0.2, 0) is 4.79 Å². The standard InChI is InChI=1S/C13H13NO/c1-9(15)13(14)12-7-6-10-4-2-3-5-11(10)8-12/h2-8,13H,14H2,1H3. The number of fused-ring (bicyclic) bond motifs is 1. The highest BCUT2D eigenvalue weighted by molar-refractivity contribution is 5.87. The van der Waals surface area contributed by atoms with E-state index in [-0.39, 0.29) is 5.78 Å². The van der Waals surface area contributed by atoms with Crippen LogP contribution in [-0.4, -0.2) is 5.78 Å². The van der Waals surface area contributed by atoms with E-state index < -0.39 is 6.04 Å². The maximum absolute atomic E-state index is 11.2. The summed E-state index contributed by atoms with van der Waals surface area (Å²) in [6.07, 6.45) is 0. The van der Waals surface area contributed by atoms with E-state index in [0.717, 1.165) is 16.3 Å². The SMILES string of the molecule is CC(=O)C(N)c1ccc2ccccc2c1. The number of hydrogen-bond donors (Lipinski definition) is 1. The molecule has 0 aliphatic rings. The number of Topliss-reactive ketones (excluding diaryl/α,β-unsaturated/α-hetero) is 1. The first kappa shape index (κ1) is 9.87. The van der Waals surface area contributed by atoms with Crippen LogP contribution in [0.2, 0.25) is 0 Å². The topological polar surface area (TPSA) is 43.1 Å². The van der Waals surface area contributed by atoms with Gasteiger partial charge >= 0.3 is 0 Å². The molecule has 0 bridgehead atoms. The Bertz CT molecular complexity index is 505. The van der Waals surface area contributed by atoms with Gasteiger partial charge in [0, 0.05) is 0 Å². The predicted octanol–water partition coefficient (Wildman–Crippen LogP) is 2.43. The molecule has 2 aromatic carbocycles. The molecule has 0 saturated heterocycles. The third-order valence-electron chi connectivity index (χ3n) is 2.57. The van der Waals surface area contributed by atoms with Crippen molar-refractivity contribution in [3.8, 4) is 0 Å². The van der Waals surface area contributed by atoms with Crippen molar-refractivity contribution in [3.63, 3.8) is 0 Å².